The molecule has 1 amide bonds. The topological polar surface area (TPSA) is 51.2 Å². The molecule has 4 nitrogen and oxygen atoms in total. The maximum Gasteiger partial charge on any atom is 0.251 e. The molecule has 0 saturated heterocycles. The second-order valence-corrected chi connectivity index (χ2v) is 8.70. The Morgan fingerprint density at radius 1 is 0.818 bits per heavy atom. The van der Waals surface area contributed by atoms with Crippen LogP contribution in [0.3, 0.4) is 0 Å². The predicted molar refractivity (Wildman–Crippen MR) is 133 cm³/mol. The Bertz CT molecular complexity index is 1350. The van der Waals surface area contributed by atoms with Gasteiger partial charge < -0.3 is 10.1 Å². The Morgan fingerprint density at radius 2 is 1.61 bits per heavy atom. The number of fused-ring (bicyclic) bond motifs is 1. The zero-order valence-corrected chi connectivity index (χ0v) is 18.7. The fraction of sp³-hybridized carbons (Fsp3) is 0.0714. The number of amides is 1. The number of para-hydroxylation sites is 1. The van der Waals surface area contributed by atoms with Gasteiger partial charge in [0.1, 0.15) is 17.4 Å². The Morgan fingerprint density at radius 3 is 2.42 bits per heavy atom. The van der Waals surface area contributed by atoms with E-state index in [1.807, 2.05) is 72.8 Å². The van der Waals surface area contributed by atoms with Crippen molar-refractivity contribution in [1.82, 2.24) is 10.3 Å². The van der Waals surface area contributed by atoms with Gasteiger partial charge in [0, 0.05) is 17.7 Å². The highest BCUT2D eigenvalue weighted by Crippen LogP contribution is 2.30. The molecule has 5 aromatic rings. The molecule has 0 aliphatic carbocycles. The fourth-order valence-electron chi connectivity index (χ4n) is 3.51. The minimum Gasteiger partial charge on any atom is -0.489 e. The smallest absolute Gasteiger partial charge is 0.251 e. The lowest BCUT2D eigenvalue weighted by Crippen LogP contribution is -2.22. The van der Waals surface area contributed by atoms with Gasteiger partial charge >= 0.3 is 0 Å². The second-order valence-electron chi connectivity index (χ2n) is 7.67. The van der Waals surface area contributed by atoms with Crippen LogP contribution >= 0.6 is 11.3 Å². The van der Waals surface area contributed by atoms with Crippen molar-refractivity contribution >= 4 is 27.5 Å². The molecule has 0 unspecified atom stereocenters. The SMILES string of the molecule is O=C(NCc1ccc(-c2nc3ccccc3s2)cc1)c1cccc(OCc2ccccc2)c1. The summed E-state index contributed by atoms with van der Waals surface area (Å²) < 4.78 is 7.02. The molecule has 0 radical (unpaired) electrons. The summed E-state index contributed by atoms with van der Waals surface area (Å²) in [5.74, 6) is 0.544. The zero-order valence-electron chi connectivity index (χ0n) is 17.9. The van der Waals surface area contributed by atoms with E-state index in [0.717, 1.165) is 27.2 Å². The number of carbonyl (C=O) groups is 1. The van der Waals surface area contributed by atoms with Crippen molar-refractivity contribution in [2.45, 2.75) is 13.2 Å². The fourth-order valence-corrected chi connectivity index (χ4v) is 4.48. The van der Waals surface area contributed by atoms with E-state index in [1.54, 1.807) is 23.5 Å². The maximum atomic E-state index is 12.7. The number of aromatic nitrogens is 1. The van der Waals surface area contributed by atoms with E-state index in [4.69, 9.17) is 9.72 Å². The lowest BCUT2D eigenvalue weighted by Gasteiger charge is -2.09. The van der Waals surface area contributed by atoms with Gasteiger partial charge in [-0.25, -0.2) is 4.98 Å². The van der Waals surface area contributed by atoms with Crippen LogP contribution in [0.5, 0.6) is 5.75 Å². The molecule has 5 heteroatoms. The summed E-state index contributed by atoms with van der Waals surface area (Å²) >= 11 is 1.68. The number of hydrogen-bond acceptors (Lipinski definition) is 4. The summed E-state index contributed by atoms with van der Waals surface area (Å²) in [6.45, 7) is 0.918. The molecule has 0 aliphatic heterocycles. The van der Waals surface area contributed by atoms with Gasteiger partial charge in [0.25, 0.3) is 5.91 Å². The van der Waals surface area contributed by atoms with Crippen LogP contribution in [0.1, 0.15) is 21.5 Å². The van der Waals surface area contributed by atoms with E-state index < -0.39 is 0 Å². The third-order valence-corrected chi connectivity index (χ3v) is 6.38. The van der Waals surface area contributed by atoms with Crippen LogP contribution in [0, 0.1) is 0 Å². The summed E-state index contributed by atoms with van der Waals surface area (Å²) in [7, 11) is 0. The first-order valence-corrected chi connectivity index (χ1v) is 11.6. The average Bonchev–Trinajstić information content (AvgIpc) is 3.31. The minimum absolute atomic E-state index is 0.129. The number of thiazole rings is 1. The molecule has 4 aromatic carbocycles. The van der Waals surface area contributed by atoms with Crippen molar-refractivity contribution in [3.05, 3.63) is 120 Å². The maximum absolute atomic E-state index is 12.7. The predicted octanol–water partition coefficient (Wildman–Crippen LogP) is 6.47. The van der Waals surface area contributed by atoms with E-state index in [2.05, 4.69) is 23.5 Å². The molecule has 0 atom stereocenters. The number of nitrogens with one attached hydrogen (secondary N) is 1. The molecule has 5 rings (SSSR count). The number of rotatable bonds is 7. The largest absolute Gasteiger partial charge is 0.489 e. The molecule has 1 N–H and O–H groups in total. The van der Waals surface area contributed by atoms with Crippen LogP contribution in [0.2, 0.25) is 0 Å². The molecular weight excluding hydrogens is 428 g/mol. The Labute approximate surface area is 196 Å². The van der Waals surface area contributed by atoms with E-state index in [9.17, 15) is 4.79 Å². The highest BCUT2D eigenvalue weighted by atomic mass is 32.1. The van der Waals surface area contributed by atoms with Crippen molar-refractivity contribution in [2.24, 2.45) is 0 Å². The first-order chi connectivity index (χ1) is 16.2. The minimum atomic E-state index is -0.129. The molecule has 0 fully saturated rings. The molecule has 0 spiro atoms. The van der Waals surface area contributed by atoms with Gasteiger partial charge in [-0.1, -0.05) is 72.8 Å². The van der Waals surface area contributed by atoms with Crippen LogP contribution in [-0.2, 0) is 13.2 Å². The molecule has 33 heavy (non-hydrogen) atoms. The average molecular weight is 451 g/mol. The van der Waals surface area contributed by atoms with E-state index in [-0.39, 0.29) is 5.91 Å². The van der Waals surface area contributed by atoms with Gasteiger partial charge in [-0.2, -0.15) is 0 Å². The molecule has 0 aliphatic rings. The van der Waals surface area contributed by atoms with Crippen LogP contribution < -0.4 is 10.1 Å². The van der Waals surface area contributed by atoms with Crippen LogP contribution in [-0.4, -0.2) is 10.9 Å². The van der Waals surface area contributed by atoms with Gasteiger partial charge in [0.2, 0.25) is 0 Å². The molecule has 0 bridgehead atoms. The highest BCUT2D eigenvalue weighted by molar-refractivity contribution is 7.21. The summed E-state index contributed by atoms with van der Waals surface area (Å²) in [5, 5.41) is 3.99. The third-order valence-electron chi connectivity index (χ3n) is 5.29. The van der Waals surface area contributed by atoms with Crippen molar-refractivity contribution in [3.63, 3.8) is 0 Å². The normalized spacial score (nSPS) is 10.8. The number of ether oxygens (including phenoxy) is 1. The van der Waals surface area contributed by atoms with Gasteiger partial charge in [0.15, 0.2) is 0 Å². The monoisotopic (exact) mass is 450 g/mol. The Kier molecular flexibility index (Phi) is 6.13. The van der Waals surface area contributed by atoms with Crippen LogP contribution in [0.25, 0.3) is 20.8 Å². The molecule has 1 aromatic heterocycles. The summed E-state index contributed by atoms with van der Waals surface area (Å²) in [4.78, 5) is 17.4. The quantitative estimate of drug-likeness (QED) is 0.309. The van der Waals surface area contributed by atoms with Crippen molar-refractivity contribution in [1.29, 1.82) is 0 Å². The number of benzene rings is 4. The molecule has 0 saturated carbocycles. The summed E-state index contributed by atoms with van der Waals surface area (Å²) in [6, 6.07) is 33.5. The lowest BCUT2D eigenvalue weighted by atomic mass is 10.1. The van der Waals surface area contributed by atoms with Crippen molar-refractivity contribution in [2.75, 3.05) is 0 Å². The van der Waals surface area contributed by atoms with Gasteiger partial charge in [-0.05, 0) is 41.5 Å². The number of hydrogen-bond donors (Lipinski definition) is 1. The Hall–Kier alpha value is -3.96. The van der Waals surface area contributed by atoms with Gasteiger partial charge in [-0.15, -0.1) is 11.3 Å². The molecular formula is C28H22N2O2S. The molecule has 1 heterocycles. The second kappa shape index (κ2) is 9.67. The third kappa shape index (κ3) is 5.10. The first-order valence-electron chi connectivity index (χ1n) is 10.7. The standard InChI is InChI=1S/C28H22N2O2S/c31-27(23-9-6-10-24(17-23)32-19-21-7-2-1-3-8-21)29-18-20-13-15-22(16-14-20)28-30-25-11-4-5-12-26(25)33-28/h1-17H,18-19H2,(H,29,31). The van der Waals surface area contributed by atoms with Crippen molar-refractivity contribution < 1.29 is 9.53 Å². The van der Waals surface area contributed by atoms with E-state index >= 15 is 0 Å². The van der Waals surface area contributed by atoms with Crippen LogP contribution in [0.4, 0.5) is 0 Å². The Balaban J connectivity index is 1.19. The zero-order chi connectivity index (χ0) is 22.5. The summed E-state index contributed by atoms with van der Waals surface area (Å²) in [6.07, 6.45) is 0. The van der Waals surface area contributed by atoms with Gasteiger partial charge in [-0.3, -0.25) is 4.79 Å². The number of carbonyl (C=O) groups excluding carboxylic acids is 1. The lowest BCUT2D eigenvalue weighted by molar-refractivity contribution is 0.0950. The van der Waals surface area contributed by atoms with E-state index in [1.165, 1.54) is 4.70 Å². The molecule has 162 valence electrons. The summed E-state index contributed by atoms with van der Waals surface area (Å²) in [5.41, 5.74) is 4.79. The van der Waals surface area contributed by atoms with Crippen molar-refractivity contribution in [3.8, 4) is 16.3 Å². The van der Waals surface area contributed by atoms with E-state index in [0.29, 0.717) is 24.5 Å². The van der Waals surface area contributed by atoms with Crippen LogP contribution in [0.15, 0.2) is 103 Å². The van der Waals surface area contributed by atoms with Gasteiger partial charge in [0.05, 0.1) is 10.2 Å². The first kappa shape index (κ1) is 20.9. The number of nitrogens with zero attached hydrogens (tertiary/aromatic N) is 1. The highest BCUT2D eigenvalue weighted by Gasteiger charge is 2.09.